The van der Waals surface area contributed by atoms with Crippen LogP contribution in [0.15, 0.2) is 22.6 Å². The number of carboxylic acids is 1. The molecule has 2 aromatic rings. The lowest BCUT2D eigenvalue weighted by Gasteiger charge is -2.15. The van der Waals surface area contributed by atoms with Crippen LogP contribution < -0.4 is 5.32 Å². The zero-order valence-electron chi connectivity index (χ0n) is 11.5. The van der Waals surface area contributed by atoms with E-state index in [-0.39, 0.29) is 11.6 Å². The molecule has 6 heteroatoms. The SMILES string of the molecule is CCCC(COC)Nc1nc2ccc(C(=O)O)cc2o1. The summed E-state index contributed by atoms with van der Waals surface area (Å²) in [6.45, 7) is 2.66. The van der Waals surface area contributed by atoms with E-state index in [2.05, 4.69) is 17.2 Å². The number of nitrogens with zero attached hydrogens (tertiary/aromatic N) is 1. The lowest BCUT2D eigenvalue weighted by Crippen LogP contribution is -2.24. The van der Waals surface area contributed by atoms with Gasteiger partial charge in [0.15, 0.2) is 5.58 Å². The lowest BCUT2D eigenvalue weighted by molar-refractivity contribution is 0.0697. The maximum absolute atomic E-state index is 10.9. The van der Waals surface area contributed by atoms with E-state index < -0.39 is 5.97 Å². The molecule has 0 fully saturated rings. The summed E-state index contributed by atoms with van der Waals surface area (Å²) in [7, 11) is 1.65. The van der Waals surface area contributed by atoms with Gasteiger partial charge in [-0.1, -0.05) is 13.3 Å². The molecule has 0 amide bonds. The number of fused-ring (bicyclic) bond motifs is 1. The van der Waals surface area contributed by atoms with Crippen molar-refractivity contribution in [3.63, 3.8) is 0 Å². The molecule has 0 aliphatic rings. The largest absolute Gasteiger partial charge is 0.478 e. The molecule has 20 heavy (non-hydrogen) atoms. The Bertz CT molecular complexity index is 588. The summed E-state index contributed by atoms with van der Waals surface area (Å²) in [5.41, 5.74) is 1.27. The molecule has 0 bridgehead atoms. The molecular weight excluding hydrogens is 260 g/mol. The van der Waals surface area contributed by atoms with Crippen LogP contribution in [0.5, 0.6) is 0 Å². The van der Waals surface area contributed by atoms with Crippen molar-refractivity contribution in [3.05, 3.63) is 23.8 Å². The average Bonchev–Trinajstić information content (AvgIpc) is 2.80. The summed E-state index contributed by atoms with van der Waals surface area (Å²) in [6, 6.07) is 5.13. The highest BCUT2D eigenvalue weighted by atomic mass is 16.5. The molecule has 2 rings (SSSR count). The highest BCUT2D eigenvalue weighted by Gasteiger charge is 2.13. The Morgan fingerprint density at radius 3 is 3.00 bits per heavy atom. The summed E-state index contributed by atoms with van der Waals surface area (Å²) in [5, 5.41) is 12.1. The fraction of sp³-hybridized carbons (Fsp3) is 0.429. The maximum atomic E-state index is 10.9. The van der Waals surface area contributed by atoms with Crippen LogP contribution in [0.4, 0.5) is 6.01 Å². The maximum Gasteiger partial charge on any atom is 0.335 e. The van der Waals surface area contributed by atoms with Crippen molar-refractivity contribution in [2.24, 2.45) is 0 Å². The van der Waals surface area contributed by atoms with Crippen LogP contribution in [0.3, 0.4) is 0 Å². The number of hydrogen-bond acceptors (Lipinski definition) is 5. The Morgan fingerprint density at radius 1 is 1.55 bits per heavy atom. The number of oxazole rings is 1. The molecule has 108 valence electrons. The Labute approximate surface area is 116 Å². The molecule has 1 unspecified atom stereocenters. The van der Waals surface area contributed by atoms with Gasteiger partial charge in [0, 0.05) is 7.11 Å². The van der Waals surface area contributed by atoms with Crippen LogP contribution >= 0.6 is 0 Å². The number of nitrogens with one attached hydrogen (secondary N) is 1. The standard InChI is InChI=1S/C14H18N2O4/c1-3-4-10(8-19-2)15-14-16-11-6-5-9(13(17)18)7-12(11)20-14/h5-7,10H,3-4,8H2,1-2H3,(H,15,16)(H,17,18). The summed E-state index contributed by atoms with van der Waals surface area (Å²) in [4.78, 5) is 15.2. The molecule has 0 saturated heterocycles. The van der Waals surface area contributed by atoms with E-state index >= 15 is 0 Å². The quantitative estimate of drug-likeness (QED) is 0.810. The Balaban J connectivity index is 2.20. The van der Waals surface area contributed by atoms with Gasteiger partial charge in [-0.3, -0.25) is 0 Å². The van der Waals surface area contributed by atoms with Gasteiger partial charge in [0.1, 0.15) is 5.52 Å². The summed E-state index contributed by atoms with van der Waals surface area (Å²) < 4.78 is 10.7. The Morgan fingerprint density at radius 2 is 2.35 bits per heavy atom. The van der Waals surface area contributed by atoms with Crippen LogP contribution in [-0.4, -0.2) is 35.8 Å². The van der Waals surface area contributed by atoms with E-state index in [9.17, 15) is 4.79 Å². The van der Waals surface area contributed by atoms with Crippen molar-refractivity contribution >= 4 is 23.1 Å². The topological polar surface area (TPSA) is 84.6 Å². The van der Waals surface area contributed by atoms with E-state index in [1.807, 2.05) is 0 Å². The van der Waals surface area contributed by atoms with Gasteiger partial charge in [0.2, 0.25) is 0 Å². The van der Waals surface area contributed by atoms with Crippen LogP contribution in [0.1, 0.15) is 30.1 Å². The van der Waals surface area contributed by atoms with Crippen molar-refractivity contribution in [1.82, 2.24) is 4.98 Å². The Hall–Kier alpha value is -2.08. The zero-order chi connectivity index (χ0) is 14.5. The minimum Gasteiger partial charge on any atom is -0.478 e. The van der Waals surface area contributed by atoms with Gasteiger partial charge >= 0.3 is 5.97 Å². The molecule has 1 atom stereocenters. The average molecular weight is 278 g/mol. The third-order valence-electron chi connectivity index (χ3n) is 2.97. The molecule has 1 aromatic carbocycles. The molecule has 0 spiro atoms. The summed E-state index contributed by atoms with van der Waals surface area (Å²) in [6.07, 6.45) is 1.96. The van der Waals surface area contributed by atoms with Crippen LogP contribution in [-0.2, 0) is 4.74 Å². The molecule has 0 aliphatic heterocycles. The first-order valence-corrected chi connectivity index (χ1v) is 6.53. The fourth-order valence-electron chi connectivity index (χ4n) is 2.04. The molecule has 1 aromatic heterocycles. The number of carboxylic acid groups (broad SMARTS) is 1. The zero-order valence-corrected chi connectivity index (χ0v) is 11.5. The second kappa shape index (κ2) is 6.38. The highest BCUT2D eigenvalue weighted by Crippen LogP contribution is 2.21. The minimum atomic E-state index is -0.985. The third-order valence-corrected chi connectivity index (χ3v) is 2.97. The van der Waals surface area contributed by atoms with Gasteiger partial charge in [-0.15, -0.1) is 0 Å². The van der Waals surface area contributed by atoms with E-state index in [0.29, 0.717) is 23.7 Å². The molecule has 0 radical (unpaired) electrons. The van der Waals surface area contributed by atoms with Crippen LogP contribution in [0.25, 0.3) is 11.1 Å². The number of ether oxygens (including phenoxy) is 1. The predicted molar refractivity (Wildman–Crippen MR) is 75.2 cm³/mol. The van der Waals surface area contributed by atoms with Crippen molar-refractivity contribution in [2.45, 2.75) is 25.8 Å². The van der Waals surface area contributed by atoms with Crippen molar-refractivity contribution in [3.8, 4) is 0 Å². The molecular formula is C14H18N2O4. The number of rotatable bonds is 7. The summed E-state index contributed by atoms with van der Waals surface area (Å²) in [5.74, 6) is -0.985. The molecule has 0 saturated carbocycles. The van der Waals surface area contributed by atoms with E-state index in [4.69, 9.17) is 14.3 Å². The summed E-state index contributed by atoms with van der Waals surface area (Å²) >= 11 is 0. The smallest absolute Gasteiger partial charge is 0.335 e. The first kappa shape index (κ1) is 14.3. The number of carbonyl (C=O) groups is 1. The number of aromatic carboxylic acids is 1. The van der Waals surface area contributed by atoms with Crippen molar-refractivity contribution in [1.29, 1.82) is 0 Å². The molecule has 1 heterocycles. The van der Waals surface area contributed by atoms with Gasteiger partial charge in [-0.2, -0.15) is 4.98 Å². The number of aromatic nitrogens is 1. The molecule has 6 nitrogen and oxygen atoms in total. The number of hydrogen-bond donors (Lipinski definition) is 2. The second-order valence-corrected chi connectivity index (χ2v) is 4.59. The van der Waals surface area contributed by atoms with Crippen LogP contribution in [0.2, 0.25) is 0 Å². The number of benzene rings is 1. The second-order valence-electron chi connectivity index (χ2n) is 4.59. The monoisotopic (exact) mass is 278 g/mol. The van der Waals surface area contributed by atoms with Crippen molar-refractivity contribution < 1.29 is 19.1 Å². The third kappa shape index (κ3) is 3.27. The minimum absolute atomic E-state index is 0.122. The van der Waals surface area contributed by atoms with Crippen LogP contribution in [0, 0.1) is 0 Å². The van der Waals surface area contributed by atoms with Gasteiger partial charge in [-0.25, -0.2) is 4.79 Å². The van der Waals surface area contributed by atoms with Gasteiger partial charge in [0.05, 0.1) is 18.2 Å². The highest BCUT2D eigenvalue weighted by molar-refractivity contribution is 5.92. The van der Waals surface area contributed by atoms with Gasteiger partial charge in [0.25, 0.3) is 6.01 Å². The van der Waals surface area contributed by atoms with Gasteiger partial charge in [-0.05, 0) is 24.6 Å². The molecule has 2 N–H and O–H groups in total. The first-order valence-electron chi connectivity index (χ1n) is 6.53. The first-order chi connectivity index (χ1) is 9.63. The normalized spacial score (nSPS) is 12.5. The Kier molecular flexibility index (Phi) is 4.57. The fourth-order valence-corrected chi connectivity index (χ4v) is 2.04. The number of methoxy groups -OCH3 is 1. The van der Waals surface area contributed by atoms with Crippen molar-refractivity contribution in [2.75, 3.05) is 19.0 Å². The predicted octanol–water partition coefficient (Wildman–Crippen LogP) is 2.75. The van der Waals surface area contributed by atoms with Gasteiger partial charge < -0.3 is 19.6 Å². The number of anilines is 1. The lowest BCUT2D eigenvalue weighted by atomic mass is 10.2. The molecule has 0 aliphatic carbocycles. The van der Waals surface area contributed by atoms with E-state index in [1.54, 1.807) is 13.2 Å². The van der Waals surface area contributed by atoms with E-state index in [1.165, 1.54) is 12.1 Å². The van der Waals surface area contributed by atoms with E-state index in [0.717, 1.165) is 12.8 Å².